The Morgan fingerprint density at radius 3 is 2.92 bits per heavy atom. The van der Waals surface area contributed by atoms with Crippen molar-refractivity contribution in [2.24, 2.45) is 5.41 Å². The molecule has 2 aromatic rings. The maximum absolute atomic E-state index is 13.7. The number of likely N-dealkylation sites (tertiary alicyclic amines) is 1. The van der Waals surface area contributed by atoms with Crippen molar-refractivity contribution in [1.82, 2.24) is 4.90 Å². The van der Waals surface area contributed by atoms with Crippen LogP contribution in [0.1, 0.15) is 21.8 Å². The minimum atomic E-state index is -0.616. The summed E-state index contributed by atoms with van der Waals surface area (Å²) in [5.41, 5.74) is 0.720. The summed E-state index contributed by atoms with van der Waals surface area (Å²) in [6.07, 6.45) is 0. The van der Waals surface area contributed by atoms with Gasteiger partial charge >= 0.3 is 0 Å². The molecule has 6 heteroatoms. The van der Waals surface area contributed by atoms with Gasteiger partial charge in [0.25, 0.3) is 5.91 Å². The van der Waals surface area contributed by atoms with Crippen LogP contribution >= 0.6 is 11.6 Å². The molecule has 4 nitrogen and oxygen atoms in total. The van der Waals surface area contributed by atoms with Gasteiger partial charge in [0.2, 0.25) is 0 Å². The van der Waals surface area contributed by atoms with Crippen LogP contribution < -0.4 is 4.74 Å². The number of para-hydroxylation sites is 1. The number of aliphatic hydroxyl groups excluding tert-OH is 1. The fourth-order valence-corrected chi connectivity index (χ4v) is 3.95. The number of nitrogens with zero attached hydrogens (tertiary/aromatic N) is 1. The average molecular weight is 362 g/mol. The van der Waals surface area contributed by atoms with E-state index in [-0.39, 0.29) is 29.0 Å². The third-order valence-electron chi connectivity index (χ3n) is 5.23. The van der Waals surface area contributed by atoms with Crippen LogP contribution in [0, 0.1) is 11.2 Å². The van der Waals surface area contributed by atoms with Crippen molar-refractivity contribution >= 4 is 17.5 Å². The second-order valence-corrected chi connectivity index (χ2v) is 7.12. The molecule has 2 heterocycles. The largest absolute Gasteiger partial charge is 0.493 e. The number of aliphatic hydroxyl groups is 1. The van der Waals surface area contributed by atoms with Gasteiger partial charge in [-0.15, -0.1) is 0 Å². The average Bonchev–Trinajstić information content (AvgIpc) is 3.04. The van der Waals surface area contributed by atoms with Gasteiger partial charge in [-0.2, -0.15) is 0 Å². The van der Waals surface area contributed by atoms with Gasteiger partial charge in [0.05, 0.1) is 23.7 Å². The summed E-state index contributed by atoms with van der Waals surface area (Å²) in [5, 5.41) is 10.0. The molecule has 1 amide bonds. The highest BCUT2D eigenvalue weighted by molar-refractivity contribution is 6.30. The van der Waals surface area contributed by atoms with E-state index in [0.717, 1.165) is 17.4 Å². The Balaban J connectivity index is 1.66. The second kappa shape index (κ2) is 6.00. The standard InChI is InChI=1S/C19H17ClFNO3/c20-15-6-5-12(7-16(15)21)18(24)22-8-14-13-3-1-2-4-17(13)25-11-19(14,9-22)10-23/h1-7,14,23H,8-11H2/t14-,19-/m0/s1. The van der Waals surface area contributed by atoms with Crippen LogP contribution in [-0.2, 0) is 0 Å². The van der Waals surface area contributed by atoms with Crippen molar-refractivity contribution in [3.8, 4) is 5.75 Å². The number of hydrogen-bond donors (Lipinski definition) is 1. The number of ether oxygens (including phenoxy) is 1. The van der Waals surface area contributed by atoms with Gasteiger partial charge in [-0.05, 0) is 29.8 Å². The number of carbonyl (C=O) groups excluding carboxylic acids is 1. The van der Waals surface area contributed by atoms with Gasteiger partial charge in [0.1, 0.15) is 11.6 Å². The van der Waals surface area contributed by atoms with Crippen LogP contribution in [0.2, 0.25) is 5.02 Å². The molecule has 25 heavy (non-hydrogen) atoms. The van der Waals surface area contributed by atoms with Crippen LogP contribution in [0.5, 0.6) is 5.75 Å². The van der Waals surface area contributed by atoms with E-state index in [1.807, 2.05) is 24.3 Å². The highest BCUT2D eigenvalue weighted by Crippen LogP contribution is 2.49. The minimum absolute atomic E-state index is 0.0106. The van der Waals surface area contributed by atoms with Crippen molar-refractivity contribution < 1.29 is 19.0 Å². The fraction of sp³-hybridized carbons (Fsp3) is 0.316. The first-order valence-electron chi connectivity index (χ1n) is 8.11. The molecule has 1 fully saturated rings. The maximum atomic E-state index is 13.7. The van der Waals surface area contributed by atoms with Gasteiger partial charge in [-0.1, -0.05) is 29.8 Å². The molecular weight excluding hydrogens is 345 g/mol. The molecule has 1 N–H and O–H groups in total. The molecule has 0 aromatic heterocycles. The summed E-state index contributed by atoms with van der Waals surface area (Å²) in [7, 11) is 0. The zero-order valence-corrected chi connectivity index (χ0v) is 14.2. The zero-order valence-electron chi connectivity index (χ0n) is 13.4. The summed E-state index contributed by atoms with van der Waals surface area (Å²) in [6, 6.07) is 11.8. The highest BCUT2D eigenvalue weighted by atomic mass is 35.5. The van der Waals surface area contributed by atoms with E-state index >= 15 is 0 Å². The smallest absolute Gasteiger partial charge is 0.254 e. The molecule has 0 spiro atoms. The number of hydrogen-bond acceptors (Lipinski definition) is 3. The lowest BCUT2D eigenvalue weighted by Gasteiger charge is -2.37. The molecule has 0 unspecified atom stereocenters. The summed E-state index contributed by atoms with van der Waals surface area (Å²) in [6.45, 7) is 1.10. The number of rotatable bonds is 2. The third kappa shape index (κ3) is 2.58. The Bertz CT molecular complexity index is 843. The van der Waals surface area contributed by atoms with E-state index in [1.54, 1.807) is 4.90 Å². The van der Waals surface area contributed by atoms with Crippen molar-refractivity contribution in [3.63, 3.8) is 0 Å². The van der Waals surface area contributed by atoms with Gasteiger partial charge in [-0.25, -0.2) is 4.39 Å². The van der Waals surface area contributed by atoms with E-state index in [4.69, 9.17) is 16.3 Å². The SMILES string of the molecule is O=C(c1ccc(Cl)c(F)c1)N1C[C@H]2c3ccccc3OC[C@@]2(CO)C1. The molecule has 0 saturated carbocycles. The molecule has 2 aliphatic heterocycles. The predicted octanol–water partition coefficient (Wildman–Crippen LogP) is 3.09. The Morgan fingerprint density at radius 2 is 2.16 bits per heavy atom. The molecule has 2 aliphatic rings. The number of benzene rings is 2. The lowest BCUT2D eigenvalue weighted by atomic mass is 9.74. The van der Waals surface area contributed by atoms with Crippen molar-refractivity contribution in [2.45, 2.75) is 5.92 Å². The predicted molar refractivity (Wildman–Crippen MR) is 91.5 cm³/mol. The molecule has 0 aliphatic carbocycles. The number of fused-ring (bicyclic) bond motifs is 3. The summed E-state index contributed by atoms with van der Waals surface area (Å²) >= 11 is 5.70. The zero-order chi connectivity index (χ0) is 17.6. The van der Waals surface area contributed by atoms with Crippen LogP contribution in [0.3, 0.4) is 0 Å². The van der Waals surface area contributed by atoms with Crippen molar-refractivity contribution in [3.05, 3.63) is 64.4 Å². The Labute approximate surface area is 149 Å². The molecule has 0 radical (unpaired) electrons. The lowest BCUT2D eigenvalue weighted by molar-refractivity contribution is 0.0440. The Hall–Kier alpha value is -2.11. The van der Waals surface area contributed by atoms with E-state index in [0.29, 0.717) is 19.7 Å². The van der Waals surface area contributed by atoms with E-state index in [2.05, 4.69) is 0 Å². The number of halogens is 2. The van der Waals surface area contributed by atoms with Crippen LogP contribution in [-0.4, -0.2) is 42.2 Å². The first kappa shape index (κ1) is 16.4. The lowest BCUT2D eigenvalue weighted by Crippen LogP contribution is -2.42. The molecule has 2 aromatic carbocycles. The van der Waals surface area contributed by atoms with Gasteiger partial charge in [0.15, 0.2) is 0 Å². The topological polar surface area (TPSA) is 49.8 Å². The normalized spacial score (nSPS) is 24.4. The summed E-state index contributed by atoms with van der Waals surface area (Å²) < 4.78 is 19.5. The monoisotopic (exact) mass is 361 g/mol. The Kier molecular flexibility index (Phi) is 3.93. The molecule has 0 bridgehead atoms. The minimum Gasteiger partial charge on any atom is -0.493 e. The fourth-order valence-electron chi connectivity index (χ4n) is 3.84. The second-order valence-electron chi connectivity index (χ2n) is 6.71. The van der Waals surface area contributed by atoms with Crippen LogP contribution in [0.15, 0.2) is 42.5 Å². The highest BCUT2D eigenvalue weighted by Gasteiger charge is 2.52. The Morgan fingerprint density at radius 1 is 1.36 bits per heavy atom. The van der Waals surface area contributed by atoms with E-state index in [1.165, 1.54) is 12.1 Å². The first-order valence-corrected chi connectivity index (χ1v) is 8.49. The van der Waals surface area contributed by atoms with Gasteiger partial charge in [0, 0.05) is 24.6 Å². The first-order chi connectivity index (χ1) is 12.0. The molecule has 130 valence electrons. The maximum Gasteiger partial charge on any atom is 0.254 e. The molecule has 4 rings (SSSR count). The van der Waals surface area contributed by atoms with Crippen molar-refractivity contribution in [2.75, 3.05) is 26.3 Å². The molecular formula is C19H17ClFNO3. The van der Waals surface area contributed by atoms with Crippen LogP contribution in [0.25, 0.3) is 0 Å². The van der Waals surface area contributed by atoms with E-state index in [9.17, 15) is 14.3 Å². The van der Waals surface area contributed by atoms with Gasteiger partial charge < -0.3 is 14.7 Å². The quantitative estimate of drug-likeness (QED) is 0.894. The summed E-state index contributed by atoms with van der Waals surface area (Å²) in [5.74, 6) is -0.100. The molecule has 1 saturated heterocycles. The summed E-state index contributed by atoms with van der Waals surface area (Å²) in [4.78, 5) is 14.5. The molecule has 2 atom stereocenters. The number of carbonyl (C=O) groups is 1. The van der Waals surface area contributed by atoms with E-state index < -0.39 is 11.2 Å². The van der Waals surface area contributed by atoms with Crippen molar-refractivity contribution in [1.29, 1.82) is 0 Å². The van der Waals surface area contributed by atoms with Crippen LogP contribution in [0.4, 0.5) is 4.39 Å². The number of amides is 1. The van der Waals surface area contributed by atoms with Gasteiger partial charge in [-0.3, -0.25) is 4.79 Å². The third-order valence-corrected chi connectivity index (χ3v) is 5.53.